The molecule has 3 aliphatic rings. The van der Waals surface area contributed by atoms with Gasteiger partial charge in [0.2, 0.25) is 5.91 Å². The molecule has 1 spiro atoms. The summed E-state index contributed by atoms with van der Waals surface area (Å²) in [6, 6.07) is 1.98. The first-order chi connectivity index (χ1) is 12.6. The summed E-state index contributed by atoms with van der Waals surface area (Å²) >= 11 is 6.37. The molecule has 0 bridgehead atoms. The van der Waals surface area contributed by atoms with E-state index in [1.54, 1.807) is 0 Å². The third-order valence-corrected chi connectivity index (χ3v) is 5.65. The molecule has 7 nitrogen and oxygen atoms in total. The first kappa shape index (κ1) is 16.7. The van der Waals surface area contributed by atoms with E-state index >= 15 is 0 Å². The van der Waals surface area contributed by atoms with Crippen LogP contribution >= 0.6 is 11.6 Å². The number of hydrogen-bond donors (Lipinski definition) is 2. The Balaban J connectivity index is 1.73. The number of allylic oxidation sites excluding steroid dienone is 3. The predicted molar refractivity (Wildman–Crippen MR) is 93.8 cm³/mol. The zero-order valence-corrected chi connectivity index (χ0v) is 14.6. The van der Waals surface area contributed by atoms with Crippen LogP contribution in [-0.2, 0) is 9.59 Å². The molecule has 1 atom stereocenters. The molecule has 0 aromatic carbocycles. The van der Waals surface area contributed by atoms with Gasteiger partial charge in [-0.2, -0.15) is 5.26 Å². The summed E-state index contributed by atoms with van der Waals surface area (Å²) in [6.07, 6.45) is 8.65. The second kappa shape index (κ2) is 6.22. The number of nitriles is 1. The highest BCUT2D eigenvalue weighted by Crippen LogP contribution is 2.47. The van der Waals surface area contributed by atoms with Crippen LogP contribution in [0.25, 0.3) is 0 Å². The van der Waals surface area contributed by atoms with Crippen LogP contribution in [0.5, 0.6) is 0 Å². The van der Waals surface area contributed by atoms with Gasteiger partial charge in [0.05, 0.1) is 28.4 Å². The quantitative estimate of drug-likeness (QED) is 0.827. The molecule has 1 unspecified atom stereocenters. The molecule has 8 heteroatoms. The number of anilines is 1. The molecular weight excluding hydrogens is 354 g/mol. The molecule has 1 saturated carbocycles. The highest BCUT2D eigenvalue weighted by Gasteiger charge is 2.56. The Morgan fingerprint density at radius 2 is 2.08 bits per heavy atom. The van der Waals surface area contributed by atoms with Crippen molar-refractivity contribution in [3.63, 3.8) is 0 Å². The zero-order chi connectivity index (χ0) is 18.3. The van der Waals surface area contributed by atoms with Gasteiger partial charge in [-0.1, -0.05) is 30.9 Å². The maximum atomic E-state index is 13.2. The van der Waals surface area contributed by atoms with E-state index in [0.29, 0.717) is 5.57 Å². The van der Waals surface area contributed by atoms with Crippen molar-refractivity contribution in [1.29, 1.82) is 5.26 Å². The van der Waals surface area contributed by atoms with Crippen LogP contribution in [-0.4, -0.2) is 27.2 Å². The second-order valence-corrected chi connectivity index (χ2v) is 7.22. The van der Waals surface area contributed by atoms with E-state index in [4.69, 9.17) is 11.6 Å². The molecule has 2 N–H and O–H groups in total. The van der Waals surface area contributed by atoms with Gasteiger partial charge in [-0.05, 0) is 18.9 Å². The zero-order valence-electron chi connectivity index (χ0n) is 13.9. The summed E-state index contributed by atoms with van der Waals surface area (Å²) < 4.78 is 0. The maximum absolute atomic E-state index is 13.2. The SMILES string of the molecule is N#Cc1cncnc1NC1=CC(Cl)=C2C(=O)NC3(CCCCC3)C2C1=O. The number of rotatable bonds is 2. The lowest BCUT2D eigenvalue weighted by atomic mass is 9.69. The number of hydrogen-bond acceptors (Lipinski definition) is 6. The second-order valence-electron chi connectivity index (χ2n) is 6.81. The number of fused-ring (bicyclic) bond motifs is 2. The number of Topliss-reactive ketones (excluding diaryl/α,β-unsaturated/α-hetero) is 1. The summed E-state index contributed by atoms with van der Waals surface area (Å²) in [5, 5.41) is 15.4. The van der Waals surface area contributed by atoms with Crippen LogP contribution < -0.4 is 10.6 Å². The Morgan fingerprint density at radius 3 is 2.81 bits per heavy atom. The van der Waals surface area contributed by atoms with Crippen LogP contribution in [0.1, 0.15) is 37.7 Å². The number of amides is 1. The molecular formula is C18H16ClN5O2. The average Bonchev–Trinajstić information content (AvgIpc) is 2.92. The first-order valence-electron chi connectivity index (χ1n) is 8.51. The summed E-state index contributed by atoms with van der Waals surface area (Å²) in [6.45, 7) is 0. The summed E-state index contributed by atoms with van der Waals surface area (Å²) in [5.41, 5.74) is 0.250. The van der Waals surface area contributed by atoms with Crippen molar-refractivity contribution in [3.05, 3.63) is 40.5 Å². The average molecular weight is 370 g/mol. The van der Waals surface area contributed by atoms with Gasteiger partial charge in [0.15, 0.2) is 11.6 Å². The van der Waals surface area contributed by atoms with Gasteiger partial charge in [-0.15, -0.1) is 0 Å². The molecule has 26 heavy (non-hydrogen) atoms. The van der Waals surface area contributed by atoms with E-state index in [0.717, 1.165) is 32.1 Å². The number of nitrogens with one attached hydrogen (secondary N) is 2. The summed E-state index contributed by atoms with van der Waals surface area (Å²) in [4.78, 5) is 33.6. The van der Waals surface area contributed by atoms with Gasteiger partial charge in [0, 0.05) is 5.57 Å². The smallest absolute Gasteiger partial charge is 0.250 e. The van der Waals surface area contributed by atoms with Gasteiger partial charge in [-0.25, -0.2) is 9.97 Å². The Hall–Kier alpha value is -2.72. The summed E-state index contributed by atoms with van der Waals surface area (Å²) in [5.74, 6) is -0.829. The van der Waals surface area contributed by atoms with Gasteiger partial charge in [0.1, 0.15) is 18.0 Å². The molecule has 0 radical (unpaired) electrons. The van der Waals surface area contributed by atoms with E-state index in [2.05, 4.69) is 20.6 Å². The van der Waals surface area contributed by atoms with Crippen molar-refractivity contribution >= 4 is 29.1 Å². The molecule has 1 aromatic heterocycles. The molecule has 2 heterocycles. The van der Waals surface area contributed by atoms with Crippen molar-refractivity contribution in [2.24, 2.45) is 5.92 Å². The topological polar surface area (TPSA) is 108 Å². The predicted octanol–water partition coefficient (Wildman–Crippen LogP) is 2.17. The number of carbonyl (C=O) groups is 2. The van der Waals surface area contributed by atoms with Crippen LogP contribution in [0.4, 0.5) is 5.82 Å². The minimum Gasteiger partial charge on any atom is -0.346 e. The van der Waals surface area contributed by atoms with Crippen LogP contribution in [0.3, 0.4) is 0 Å². The van der Waals surface area contributed by atoms with Crippen molar-refractivity contribution in [1.82, 2.24) is 15.3 Å². The maximum Gasteiger partial charge on any atom is 0.250 e. The lowest BCUT2D eigenvalue weighted by molar-refractivity contribution is -0.120. The van der Waals surface area contributed by atoms with Crippen LogP contribution in [0, 0.1) is 17.2 Å². The first-order valence-corrected chi connectivity index (χ1v) is 8.89. The van der Waals surface area contributed by atoms with E-state index < -0.39 is 11.5 Å². The van der Waals surface area contributed by atoms with Crippen molar-refractivity contribution in [3.8, 4) is 6.07 Å². The van der Waals surface area contributed by atoms with Crippen molar-refractivity contribution in [2.45, 2.75) is 37.6 Å². The Morgan fingerprint density at radius 1 is 1.31 bits per heavy atom. The highest BCUT2D eigenvalue weighted by atomic mass is 35.5. The van der Waals surface area contributed by atoms with Gasteiger partial charge in [0.25, 0.3) is 0 Å². The fourth-order valence-electron chi connectivity index (χ4n) is 4.17. The normalized spacial score (nSPS) is 24.0. The monoisotopic (exact) mass is 369 g/mol. The standard InChI is InChI=1S/C18H16ClN5O2/c19-11-6-12(23-16-10(7-20)8-21-9-22-16)15(25)14-13(11)17(26)24-18(14)4-2-1-3-5-18/h6,8-9,14H,1-5H2,(H,24,26)(H,21,22,23). The van der Waals surface area contributed by atoms with Crippen LogP contribution in [0.15, 0.2) is 34.9 Å². The third kappa shape index (κ3) is 2.49. The van der Waals surface area contributed by atoms with E-state index in [-0.39, 0.29) is 33.8 Å². The Labute approximate surface area is 155 Å². The third-order valence-electron chi connectivity index (χ3n) is 5.34. The van der Waals surface area contributed by atoms with Gasteiger partial charge >= 0.3 is 0 Å². The molecule has 132 valence electrons. The molecule has 1 aliphatic heterocycles. The number of carbonyl (C=O) groups excluding carboxylic acids is 2. The minimum atomic E-state index is -0.609. The minimum absolute atomic E-state index is 0.202. The molecule has 2 fully saturated rings. The number of aromatic nitrogens is 2. The molecule has 1 saturated heterocycles. The van der Waals surface area contributed by atoms with Crippen LogP contribution in [0.2, 0.25) is 0 Å². The molecule has 1 amide bonds. The fourth-order valence-corrected chi connectivity index (χ4v) is 4.47. The van der Waals surface area contributed by atoms with E-state index in [1.807, 2.05) is 6.07 Å². The lowest BCUT2D eigenvalue weighted by Gasteiger charge is -2.38. The summed E-state index contributed by atoms with van der Waals surface area (Å²) in [7, 11) is 0. The Kier molecular flexibility index (Phi) is 4.00. The number of nitrogens with zero attached hydrogens (tertiary/aromatic N) is 3. The molecule has 2 aliphatic carbocycles. The van der Waals surface area contributed by atoms with E-state index in [9.17, 15) is 14.9 Å². The van der Waals surface area contributed by atoms with Crippen molar-refractivity contribution in [2.75, 3.05) is 5.32 Å². The Bertz CT molecular complexity index is 908. The van der Waals surface area contributed by atoms with Crippen molar-refractivity contribution < 1.29 is 9.59 Å². The highest BCUT2D eigenvalue weighted by molar-refractivity contribution is 6.36. The fraction of sp³-hybridized carbons (Fsp3) is 0.389. The van der Waals surface area contributed by atoms with Gasteiger partial charge in [-0.3, -0.25) is 9.59 Å². The molecule has 1 aromatic rings. The molecule has 4 rings (SSSR count). The van der Waals surface area contributed by atoms with E-state index in [1.165, 1.54) is 18.6 Å². The van der Waals surface area contributed by atoms with Gasteiger partial charge < -0.3 is 10.6 Å². The number of halogens is 1. The lowest BCUT2D eigenvalue weighted by Crippen LogP contribution is -2.50. The number of ketones is 1. The largest absolute Gasteiger partial charge is 0.346 e.